The van der Waals surface area contributed by atoms with Crippen molar-refractivity contribution in [3.8, 4) is 0 Å². The zero-order valence-electron chi connectivity index (χ0n) is 11.1. The second-order valence-corrected chi connectivity index (χ2v) is 5.19. The van der Waals surface area contributed by atoms with Crippen LogP contribution < -0.4 is 5.32 Å². The van der Waals surface area contributed by atoms with Gasteiger partial charge in [0, 0.05) is 0 Å². The minimum absolute atomic E-state index is 0.211. The summed E-state index contributed by atoms with van der Waals surface area (Å²) < 4.78 is 5.52. The number of hydrogen-bond acceptors (Lipinski definition) is 4. The summed E-state index contributed by atoms with van der Waals surface area (Å²) in [5.41, 5.74) is 0. The maximum absolute atomic E-state index is 5.52. The summed E-state index contributed by atoms with van der Waals surface area (Å²) in [5.74, 6) is 2.48. The maximum Gasteiger partial charge on any atom is 0.211 e. The van der Waals surface area contributed by atoms with E-state index < -0.39 is 0 Å². The van der Waals surface area contributed by atoms with E-state index in [1.165, 1.54) is 25.9 Å². The first-order valence-electron chi connectivity index (χ1n) is 6.49. The molecule has 0 amide bonds. The molecule has 0 radical (unpaired) electrons. The molecule has 0 aliphatic carbocycles. The average Bonchev–Trinajstić information content (AvgIpc) is 2.75. The first-order chi connectivity index (χ1) is 8.15. The van der Waals surface area contributed by atoms with Crippen LogP contribution in [0.1, 0.15) is 37.5 Å². The van der Waals surface area contributed by atoms with Crippen molar-refractivity contribution in [1.82, 2.24) is 15.2 Å². The maximum atomic E-state index is 5.52. The van der Waals surface area contributed by atoms with Crippen LogP contribution in [0, 0.1) is 12.8 Å². The average molecular weight is 237 g/mol. The molecule has 1 unspecified atom stereocenters. The lowest BCUT2D eigenvalue weighted by Crippen LogP contribution is -2.35. The predicted octanol–water partition coefficient (Wildman–Crippen LogP) is 1.98. The molecular formula is C13H23N3O. The van der Waals surface area contributed by atoms with Crippen LogP contribution in [0.2, 0.25) is 0 Å². The summed E-state index contributed by atoms with van der Waals surface area (Å²) in [6.45, 7) is 7.55. The molecule has 1 N–H and O–H groups in total. The zero-order valence-corrected chi connectivity index (χ0v) is 11.1. The van der Waals surface area contributed by atoms with Crippen LogP contribution in [0.5, 0.6) is 0 Å². The van der Waals surface area contributed by atoms with Crippen LogP contribution in [0.25, 0.3) is 0 Å². The molecule has 1 atom stereocenters. The second kappa shape index (κ2) is 5.65. The molecule has 0 aromatic carbocycles. The Morgan fingerprint density at radius 1 is 1.53 bits per heavy atom. The van der Waals surface area contributed by atoms with E-state index in [2.05, 4.69) is 29.2 Å². The van der Waals surface area contributed by atoms with Crippen LogP contribution >= 0.6 is 0 Å². The van der Waals surface area contributed by atoms with Gasteiger partial charge in [0.2, 0.25) is 5.89 Å². The molecule has 2 heterocycles. The molecule has 2 rings (SSSR count). The number of aromatic nitrogens is 1. The van der Waals surface area contributed by atoms with Crippen LogP contribution in [0.4, 0.5) is 0 Å². The van der Waals surface area contributed by atoms with Crippen molar-refractivity contribution in [2.75, 3.05) is 26.7 Å². The highest BCUT2D eigenvalue weighted by molar-refractivity contribution is 4.95. The van der Waals surface area contributed by atoms with Crippen LogP contribution in [-0.2, 0) is 0 Å². The molecule has 1 aromatic rings. The van der Waals surface area contributed by atoms with E-state index in [9.17, 15) is 0 Å². The van der Waals surface area contributed by atoms with Gasteiger partial charge in [-0.1, -0.05) is 0 Å². The Morgan fingerprint density at radius 3 is 2.82 bits per heavy atom. The molecule has 1 fully saturated rings. The van der Waals surface area contributed by atoms with E-state index in [-0.39, 0.29) is 6.04 Å². The van der Waals surface area contributed by atoms with Gasteiger partial charge in [-0.3, -0.25) is 0 Å². The highest BCUT2D eigenvalue weighted by Crippen LogP contribution is 2.17. The normalized spacial score (nSPS) is 20.6. The Balaban J connectivity index is 1.74. The van der Waals surface area contributed by atoms with Gasteiger partial charge in [-0.05, 0) is 59.3 Å². The van der Waals surface area contributed by atoms with Crippen molar-refractivity contribution >= 4 is 0 Å². The van der Waals surface area contributed by atoms with E-state index in [0.29, 0.717) is 0 Å². The molecule has 1 aromatic heterocycles. The Bertz CT molecular complexity index is 342. The summed E-state index contributed by atoms with van der Waals surface area (Å²) >= 11 is 0. The summed E-state index contributed by atoms with van der Waals surface area (Å²) in [7, 11) is 2.20. The van der Waals surface area contributed by atoms with Gasteiger partial charge in [0.25, 0.3) is 0 Å². The Labute approximate surface area is 103 Å². The SMILES string of the molecule is Cc1cnc(C(C)NCC2CCN(C)CC2)o1. The number of aryl methyl sites for hydroxylation is 1. The smallest absolute Gasteiger partial charge is 0.211 e. The van der Waals surface area contributed by atoms with Crippen LogP contribution in [0.3, 0.4) is 0 Å². The first kappa shape index (κ1) is 12.6. The first-order valence-corrected chi connectivity index (χ1v) is 6.49. The molecule has 0 bridgehead atoms. The number of hydrogen-bond donors (Lipinski definition) is 1. The molecule has 1 aliphatic rings. The van der Waals surface area contributed by atoms with E-state index in [1.807, 2.05) is 6.92 Å². The summed E-state index contributed by atoms with van der Waals surface area (Å²) in [6, 6.07) is 0.211. The fourth-order valence-corrected chi connectivity index (χ4v) is 2.27. The minimum Gasteiger partial charge on any atom is -0.444 e. The predicted molar refractivity (Wildman–Crippen MR) is 67.9 cm³/mol. The molecule has 96 valence electrons. The van der Waals surface area contributed by atoms with Gasteiger partial charge in [0.1, 0.15) is 5.76 Å². The number of nitrogens with one attached hydrogen (secondary N) is 1. The third-order valence-electron chi connectivity index (χ3n) is 3.56. The van der Waals surface area contributed by atoms with Gasteiger partial charge in [-0.15, -0.1) is 0 Å². The van der Waals surface area contributed by atoms with Gasteiger partial charge in [0.05, 0.1) is 12.2 Å². The van der Waals surface area contributed by atoms with Crippen molar-refractivity contribution in [3.63, 3.8) is 0 Å². The number of likely N-dealkylation sites (tertiary alicyclic amines) is 1. The monoisotopic (exact) mass is 237 g/mol. The molecule has 1 saturated heterocycles. The van der Waals surface area contributed by atoms with E-state index in [1.54, 1.807) is 6.20 Å². The molecular weight excluding hydrogens is 214 g/mol. The Morgan fingerprint density at radius 2 is 2.24 bits per heavy atom. The summed E-state index contributed by atoms with van der Waals surface area (Å²) in [6.07, 6.45) is 4.37. The molecule has 1 aliphatic heterocycles. The van der Waals surface area contributed by atoms with Gasteiger partial charge in [-0.2, -0.15) is 0 Å². The number of nitrogens with zero attached hydrogens (tertiary/aromatic N) is 2. The standard InChI is InChI=1S/C13H23N3O/c1-10-8-15-13(17-10)11(2)14-9-12-4-6-16(3)7-5-12/h8,11-12,14H,4-7,9H2,1-3H3. The fourth-order valence-electron chi connectivity index (χ4n) is 2.27. The van der Waals surface area contributed by atoms with Crippen molar-refractivity contribution in [2.45, 2.75) is 32.7 Å². The summed E-state index contributed by atoms with van der Waals surface area (Å²) in [5, 5.41) is 3.52. The van der Waals surface area contributed by atoms with Gasteiger partial charge >= 0.3 is 0 Å². The molecule has 17 heavy (non-hydrogen) atoms. The van der Waals surface area contributed by atoms with Crippen LogP contribution in [0.15, 0.2) is 10.6 Å². The summed E-state index contributed by atoms with van der Waals surface area (Å²) in [4.78, 5) is 6.65. The van der Waals surface area contributed by atoms with Crippen LogP contribution in [-0.4, -0.2) is 36.6 Å². The largest absolute Gasteiger partial charge is 0.444 e. The third kappa shape index (κ3) is 3.54. The van der Waals surface area contributed by atoms with Gasteiger partial charge < -0.3 is 14.6 Å². The Hall–Kier alpha value is -0.870. The second-order valence-electron chi connectivity index (χ2n) is 5.19. The van der Waals surface area contributed by atoms with Crippen molar-refractivity contribution in [3.05, 3.63) is 17.8 Å². The van der Waals surface area contributed by atoms with E-state index in [4.69, 9.17) is 4.42 Å². The van der Waals surface area contributed by atoms with E-state index >= 15 is 0 Å². The molecule has 0 saturated carbocycles. The lowest BCUT2D eigenvalue weighted by atomic mass is 9.97. The number of rotatable bonds is 4. The third-order valence-corrected chi connectivity index (χ3v) is 3.56. The highest BCUT2D eigenvalue weighted by Gasteiger charge is 2.18. The fraction of sp³-hybridized carbons (Fsp3) is 0.769. The zero-order chi connectivity index (χ0) is 12.3. The highest BCUT2D eigenvalue weighted by atomic mass is 16.4. The lowest BCUT2D eigenvalue weighted by Gasteiger charge is -2.29. The minimum atomic E-state index is 0.211. The number of piperidine rings is 1. The van der Waals surface area contributed by atoms with Gasteiger partial charge in [-0.25, -0.2) is 4.98 Å². The molecule has 4 nitrogen and oxygen atoms in total. The molecule has 4 heteroatoms. The number of oxazole rings is 1. The van der Waals surface area contributed by atoms with Crippen molar-refractivity contribution < 1.29 is 4.42 Å². The molecule has 0 spiro atoms. The van der Waals surface area contributed by atoms with Gasteiger partial charge in [0.15, 0.2) is 0 Å². The quantitative estimate of drug-likeness (QED) is 0.869. The van der Waals surface area contributed by atoms with Crippen molar-refractivity contribution in [2.24, 2.45) is 5.92 Å². The van der Waals surface area contributed by atoms with E-state index in [0.717, 1.165) is 24.1 Å². The van der Waals surface area contributed by atoms with Crippen molar-refractivity contribution in [1.29, 1.82) is 0 Å². The Kier molecular flexibility index (Phi) is 4.18. The lowest BCUT2D eigenvalue weighted by molar-refractivity contribution is 0.211. The topological polar surface area (TPSA) is 41.3 Å².